The summed E-state index contributed by atoms with van der Waals surface area (Å²) >= 11 is 0. The van der Waals surface area contributed by atoms with Gasteiger partial charge in [-0.3, -0.25) is 4.39 Å². The van der Waals surface area contributed by atoms with Crippen LogP contribution in [0.2, 0.25) is 0 Å². The Hall–Kier alpha value is -1.14. The van der Waals surface area contributed by atoms with Crippen molar-refractivity contribution in [3.8, 4) is 11.5 Å². The van der Waals surface area contributed by atoms with Crippen LogP contribution in [0.5, 0.6) is 11.5 Å². The molecule has 0 fully saturated rings. The van der Waals surface area contributed by atoms with Crippen LogP contribution in [0, 0.1) is 18.8 Å². The Bertz CT molecular complexity index is 454. The van der Waals surface area contributed by atoms with E-state index in [0.717, 1.165) is 5.56 Å². The number of benzene rings is 2. The minimum atomic E-state index is -0.348. The molecule has 0 bridgehead atoms. The molecule has 2 aromatic rings. The summed E-state index contributed by atoms with van der Waals surface area (Å²) < 4.78 is 18.3. The van der Waals surface area contributed by atoms with Crippen LogP contribution >= 0.6 is 0 Å². The van der Waals surface area contributed by atoms with Crippen molar-refractivity contribution in [3.63, 3.8) is 0 Å². The van der Waals surface area contributed by atoms with Gasteiger partial charge in [0.25, 0.3) is 0 Å². The molecule has 0 saturated heterocycles. The van der Waals surface area contributed by atoms with Gasteiger partial charge in [0.15, 0.2) is 0 Å². The summed E-state index contributed by atoms with van der Waals surface area (Å²) in [6.45, 7) is 2.00. The molecular weight excluding hydrogens is 375 g/mol. The molecule has 0 atom stereocenters. The van der Waals surface area contributed by atoms with Gasteiger partial charge in [-0.1, -0.05) is 23.8 Å². The molecule has 0 aliphatic rings. The van der Waals surface area contributed by atoms with Crippen LogP contribution < -0.4 is 4.74 Å². The van der Waals surface area contributed by atoms with Gasteiger partial charge in [0.1, 0.15) is 5.75 Å². The van der Waals surface area contributed by atoms with Crippen LogP contribution in [0.1, 0.15) is 5.56 Å². The smallest absolute Gasteiger partial charge is 0.110 e. The van der Waals surface area contributed by atoms with E-state index in [9.17, 15) is 4.39 Å². The number of hydrogen-bond acceptors (Lipinski definition) is 1. The summed E-state index contributed by atoms with van der Waals surface area (Å²) in [7, 11) is 0. The zero-order chi connectivity index (χ0) is 10.7. The Kier molecular flexibility index (Phi) is 4.69. The van der Waals surface area contributed by atoms with Gasteiger partial charge >= 0.3 is 0 Å². The van der Waals surface area contributed by atoms with E-state index < -0.39 is 0 Å². The molecule has 16 heavy (non-hydrogen) atoms. The molecule has 0 heterocycles. The summed E-state index contributed by atoms with van der Waals surface area (Å²) in [5.74, 6) is 0.804. The minimum absolute atomic E-state index is 0. The molecule has 0 aliphatic heterocycles. The number of hydrogen-bond donors (Lipinski definition) is 0. The molecule has 0 amide bonds. The minimum Gasteiger partial charge on any atom is -0.517 e. The van der Waals surface area contributed by atoms with E-state index in [2.05, 4.69) is 6.07 Å². The average Bonchev–Trinajstić information content (AvgIpc) is 2.22. The van der Waals surface area contributed by atoms with E-state index in [0.29, 0.717) is 11.5 Å². The topological polar surface area (TPSA) is 9.23 Å². The Morgan fingerprint density at radius 1 is 1.06 bits per heavy atom. The molecule has 2 rings (SSSR count). The summed E-state index contributed by atoms with van der Waals surface area (Å²) in [5, 5.41) is 0. The standard InChI is InChI=1S/C13H10FO.W/c1-10-5-7-12(8-6-10)15-13-4-2-3-11(14)9-13;/h3-9H,1H3;/q-1;. The van der Waals surface area contributed by atoms with Gasteiger partial charge in [-0.05, 0) is 19.1 Å². The third kappa shape index (κ3) is 3.46. The zero-order valence-electron chi connectivity index (χ0n) is 8.74. The number of ether oxygens (including phenoxy) is 1. The van der Waals surface area contributed by atoms with Crippen molar-refractivity contribution in [1.82, 2.24) is 0 Å². The molecule has 0 aromatic heterocycles. The number of rotatable bonds is 2. The zero-order valence-corrected chi connectivity index (χ0v) is 11.7. The Balaban J connectivity index is 0.00000128. The Labute approximate surface area is 109 Å². The van der Waals surface area contributed by atoms with Gasteiger partial charge in [0.2, 0.25) is 0 Å². The second kappa shape index (κ2) is 5.81. The van der Waals surface area contributed by atoms with E-state index in [1.54, 1.807) is 6.07 Å². The molecule has 0 unspecified atom stereocenters. The quantitative estimate of drug-likeness (QED) is 0.717. The summed E-state index contributed by atoms with van der Waals surface area (Å²) in [5.41, 5.74) is 1.16. The normalized spacial score (nSPS) is 9.38. The first-order valence-corrected chi connectivity index (χ1v) is 4.65. The summed E-state index contributed by atoms with van der Waals surface area (Å²) in [4.78, 5) is 0. The van der Waals surface area contributed by atoms with Crippen molar-refractivity contribution >= 4 is 0 Å². The average molecular weight is 385 g/mol. The second-order valence-electron chi connectivity index (χ2n) is 3.30. The van der Waals surface area contributed by atoms with Crippen molar-refractivity contribution < 1.29 is 30.2 Å². The van der Waals surface area contributed by atoms with Crippen molar-refractivity contribution in [2.45, 2.75) is 6.92 Å². The molecule has 2 aromatic carbocycles. The number of aryl methyl sites for hydroxylation is 1. The number of halogens is 1. The van der Waals surface area contributed by atoms with Gasteiger partial charge in [-0.25, -0.2) is 0 Å². The van der Waals surface area contributed by atoms with Gasteiger partial charge < -0.3 is 4.74 Å². The third-order valence-corrected chi connectivity index (χ3v) is 1.98. The molecule has 3 heteroatoms. The van der Waals surface area contributed by atoms with E-state index >= 15 is 0 Å². The van der Waals surface area contributed by atoms with Crippen LogP contribution in [0.4, 0.5) is 4.39 Å². The van der Waals surface area contributed by atoms with Crippen LogP contribution in [0.15, 0.2) is 42.5 Å². The maximum Gasteiger partial charge on any atom is 0.110 e. The SMILES string of the molecule is Cc1ccc(Oc2c[c-]cc(F)c2)cc1.[W]. The Morgan fingerprint density at radius 3 is 2.38 bits per heavy atom. The predicted molar refractivity (Wildman–Crippen MR) is 56.5 cm³/mol. The fourth-order valence-corrected chi connectivity index (χ4v) is 1.22. The molecule has 0 saturated carbocycles. The first kappa shape index (κ1) is 12.9. The molecule has 0 N–H and O–H groups in total. The van der Waals surface area contributed by atoms with Crippen LogP contribution in [0.25, 0.3) is 0 Å². The first-order chi connectivity index (χ1) is 7.24. The molecule has 0 spiro atoms. The van der Waals surface area contributed by atoms with Gasteiger partial charge in [0, 0.05) is 32.6 Å². The maximum absolute atomic E-state index is 12.8. The van der Waals surface area contributed by atoms with Crippen molar-refractivity contribution in [1.29, 1.82) is 0 Å². The largest absolute Gasteiger partial charge is 0.517 e. The van der Waals surface area contributed by atoms with Crippen molar-refractivity contribution in [2.75, 3.05) is 0 Å². The van der Waals surface area contributed by atoms with Crippen LogP contribution in [-0.2, 0) is 21.1 Å². The van der Waals surface area contributed by atoms with Crippen molar-refractivity contribution in [3.05, 3.63) is 59.9 Å². The summed E-state index contributed by atoms with van der Waals surface area (Å²) in [6.07, 6.45) is 0. The van der Waals surface area contributed by atoms with Gasteiger partial charge in [-0.2, -0.15) is 6.07 Å². The molecule has 0 aliphatic carbocycles. The van der Waals surface area contributed by atoms with Crippen molar-refractivity contribution in [2.24, 2.45) is 0 Å². The maximum atomic E-state index is 12.8. The van der Waals surface area contributed by atoms with E-state index in [1.807, 2.05) is 31.2 Å². The third-order valence-electron chi connectivity index (χ3n) is 1.98. The molecule has 82 valence electrons. The molecular formula is C13H10FOW-. The van der Waals surface area contributed by atoms with E-state index in [-0.39, 0.29) is 26.9 Å². The van der Waals surface area contributed by atoms with Gasteiger partial charge in [0.05, 0.1) is 0 Å². The van der Waals surface area contributed by atoms with Crippen LogP contribution in [0.3, 0.4) is 0 Å². The van der Waals surface area contributed by atoms with Gasteiger partial charge in [-0.15, -0.1) is 12.1 Å². The predicted octanol–water partition coefficient (Wildman–Crippen LogP) is 3.72. The van der Waals surface area contributed by atoms with E-state index in [4.69, 9.17) is 4.74 Å². The van der Waals surface area contributed by atoms with E-state index in [1.165, 1.54) is 12.1 Å². The second-order valence-corrected chi connectivity index (χ2v) is 3.30. The first-order valence-electron chi connectivity index (χ1n) is 4.65. The fraction of sp³-hybridized carbons (Fsp3) is 0.0769. The Morgan fingerprint density at radius 2 is 1.75 bits per heavy atom. The molecule has 1 nitrogen and oxygen atoms in total. The summed E-state index contributed by atoms with van der Waals surface area (Å²) in [6, 6.07) is 14.4. The molecule has 0 radical (unpaired) electrons. The van der Waals surface area contributed by atoms with Crippen LogP contribution in [-0.4, -0.2) is 0 Å². The monoisotopic (exact) mass is 385 g/mol. The fourth-order valence-electron chi connectivity index (χ4n) is 1.22.